The molecule has 5 rings (SSSR count). The number of benzene rings is 3. The Labute approximate surface area is 239 Å². The number of amides is 2. The van der Waals surface area contributed by atoms with Crippen LogP contribution in [0, 0.1) is 11.6 Å². The summed E-state index contributed by atoms with van der Waals surface area (Å²) in [5.41, 5.74) is 4.75. The Hall–Kier alpha value is -4.04. The molecular weight excluding hydrogens is 524 g/mol. The predicted molar refractivity (Wildman–Crippen MR) is 154 cm³/mol. The van der Waals surface area contributed by atoms with Crippen molar-refractivity contribution in [3.63, 3.8) is 0 Å². The van der Waals surface area contributed by atoms with E-state index in [1.165, 1.54) is 0 Å². The highest BCUT2D eigenvalue weighted by molar-refractivity contribution is 6.03. The van der Waals surface area contributed by atoms with E-state index in [0.29, 0.717) is 38.0 Å². The highest BCUT2D eigenvalue weighted by atomic mass is 19.1. The summed E-state index contributed by atoms with van der Waals surface area (Å²) in [6.07, 6.45) is 1.84. The number of nitrogens with one attached hydrogen (secondary N) is 1. The second-order valence-corrected chi connectivity index (χ2v) is 10.8. The van der Waals surface area contributed by atoms with Crippen LogP contribution in [0.4, 0.5) is 8.78 Å². The van der Waals surface area contributed by atoms with Crippen molar-refractivity contribution in [3.8, 4) is 5.75 Å². The molecule has 2 atom stereocenters. The van der Waals surface area contributed by atoms with Crippen LogP contribution in [0.3, 0.4) is 0 Å². The van der Waals surface area contributed by atoms with Gasteiger partial charge in [-0.15, -0.1) is 0 Å². The minimum atomic E-state index is -0.606. The first-order valence-electron chi connectivity index (χ1n) is 14.0. The van der Waals surface area contributed by atoms with Gasteiger partial charge in [0, 0.05) is 57.7 Å². The second kappa shape index (κ2) is 12.6. The number of nitrogens with zero attached hydrogens (tertiary/aromatic N) is 2. The van der Waals surface area contributed by atoms with Gasteiger partial charge in [0.2, 0.25) is 5.91 Å². The van der Waals surface area contributed by atoms with Gasteiger partial charge in [0.1, 0.15) is 5.82 Å². The number of likely N-dealkylation sites (N-methyl/N-ethyl adjacent to an activating group) is 1. The molecule has 214 valence electrons. The predicted octanol–water partition coefficient (Wildman–Crippen LogP) is 4.63. The van der Waals surface area contributed by atoms with Crippen LogP contribution in [-0.2, 0) is 22.4 Å². The fourth-order valence-electron chi connectivity index (χ4n) is 5.65. The molecule has 3 aromatic rings. The SMILES string of the molecule is CC(=O)N1CC2CC(c3cccc(CCOc4cc(F)ccc4F)c3)=C(C(=O)N(C)CCc3ccccc3)C(C1)N2. The fourth-order valence-corrected chi connectivity index (χ4v) is 5.65. The summed E-state index contributed by atoms with van der Waals surface area (Å²) in [4.78, 5) is 29.8. The molecule has 0 spiro atoms. The van der Waals surface area contributed by atoms with Gasteiger partial charge in [-0.05, 0) is 47.2 Å². The summed E-state index contributed by atoms with van der Waals surface area (Å²) in [5.74, 6) is -1.32. The van der Waals surface area contributed by atoms with Crippen LogP contribution in [0.2, 0.25) is 0 Å². The molecule has 2 amide bonds. The Bertz CT molecular complexity index is 1440. The number of carbonyl (C=O) groups excluding carboxylic acids is 2. The zero-order valence-corrected chi connectivity index (χ0v) is 23.4. The third-order valence-corrected chi connectivity index (χ3v) is 7.82. The zero-order chi connectivity index (χ0) is 28.9. The van der Waals surface area contributed by atoms with E-state index >= 15 is 0 Å². The first-order valence-corrected chi connectivity index (χ1v) is 14.0. The third kappa shape index (κ3) is 6.82. The lowest BCUT2D eigenvalue weighted by Gasteiger charge is -2.44. The number of ether oxygens (including phenoxy) is 1. The molecule has 2 bridgehead atoms. The van der Waals surface area contributed by atoms with Gasteiger partial charge < -0.3 is 19.9 Å². The fraction of sp³-hybridized carbons (Fsp3) is 0.333. The number of halogens is 2. The van der Waals surface area contributed by atoms with Gasteiger partial charge in [-0.1, -0.05) is 54.6 Å². The van der Waals surface area contributed by atoms with Crippen molar-refractivity contribution in [1.29, 1.82) is 0 Å². The molecule has 1 fully saturated rings. The van der Waals surface area contributed by atoms with Crippen molar-refractivity contribution >= 4 is 17.4 Å². The molecule has 6 nitrogen and oxygen atoms in total. The molecule has 1 N–H and O–H groups in total. The summed E-state index contributed by atoms with van der Waals surface area (Å²) in [7, 11) is 1.83. The van der Waals surface area contributed by atoms with Crippen LogP contribution in [0.15, 0.2) is 78.4 Å². The van der Waals surface area contributed by atoms with Crippen molar-refractivity contribution < 1.29 is 23.1 Å². The largest absolute Gasteiger partial charge is 0.490 e. The van der Waals surface area contributed by atoms with E-state index in [1.807, 2.05) is 54.4 Å². The second-order valence-electron chi connectivity index (χ2n) is 10.8. The van der Waals surface area contributed by atoms with Crippen molar-refractivity contribution in [2.75, 3.05) is 33.3 Å². The summed E-state index contributed by atoms with van der Waals surface area (Å²) in [6.45, 7) is 3.35. The van der Waals surface area contributed by atoms with Crippen molar-refractivity contribution in [2.45, 2.75) is 38.3 Å². The highest BCUT2D eigenvalue weighted by Gasteiger charge is 2.39. The smallest absolute Gasteiger partial charge is 0.251 e. The Morgan fingerprint density at radius 1 is 0.976 bits per heavy atom. The van der Waals surface area contributed by atoms with Crippen molar-refractivity contribution in [2.24, 2.45) is 0 Å². The maximum atomic E-state index is 14.0. The summed E-state index contributed by atoms with van der Waals surface area (Å²) in [5, 5.41) is 3.59. The summed E-state index contributed by atoms with van der Waals surface area (Å²) < 4.78 is 33.0. The lowest BCUT2D eigenvalue weighted by atomic mass is 9.82. The van der Waals surface area contributed by atoms with Gasteiger partial charge in [0.25, 0.3) is 5.91 Å². The molecule has 0 saturated carbocycles. The minimum Gasteiger partial charge on any atom is -0.490 e. The molecule has 41 heavy (non-hydrogen) atoms. The van der Waals surface area contributed by atoms with Gasteiger partial charge >= 0.3 is 0 Å². The normalized spacial score (nSPS) is 18.3. The molecule has 2 unspecified atom stereocenters. The van der Waals surface area contributed by atoms with Crippen LogP contribution in [0.25, 0.3) is 5.57 Å². The summed E-state index contributed by atoms with van der Waals surface area (Å²) >= 11 is 0. The molecule has 8 heteroatoms. The number of piperazine rings is 1. The van der Waals surface area contributed by atoms with Gasteiger partial charge in [0.15, 0.2) is 11.6 Å². The Morgan fingerprint density at radius 2 is 1.76 bits per heavy atom. The quantitative estimate of drug-likeness (QED) is 0.415. The van der Waals surface area contributed by atoms with E-state index < -0.39 is 11.6 Å². The number of hydrogen-bond acceptors (Lipinski definition) is 4. The van der Waals surface area contributed by atoms with E-state index in [1.54, 1.807) is 11.8 Å². The molecule has 2 aliphatic heterocycles. The lowest BCUT2D eigenvalue weighted by Crippen LogP contribution is -2.61. The van der Waals surface area contributed by atoms with Crippen LogP contribution in [0.5, 0.6) is 5.75 Å². The number of hydrogen-bond donors (Lipinski definition) is 1. The van der Waals surface area contributed by atoms with Crippen LogP contribution >= 0.6 is 0 Å². The van der Waals surface area contributed by atoms with Gasteiger partial charge in [0.05, 0.1) is 12.6 Å². The van der Waals surface area contributed by atoms with E-state index in [4.69, 9.17) is 4.74 Å². The maximum Gasteiger partial charge on any atom is 0.251 e. The van der Waals surface area contributed by atoms with E-state index in [-0.39, 0.29) is 36.3 Å². The van der Waals surface area contributed by atoms with Gasteiger partial charge in [-0.2, -0.15) is 0 Å². The average Bonchev–Trinajstić information content (AvgIpc) is 2.97. The van der Waals surface area contributed by atoms with Crippen LogP contribution in [0.1, 0.15) is 30.0 Å². The standard InChI is InChI=1S/C33H35F2N3O3/c1-22(39)38-20-27-19-28(25-10-6-9-24(17-25)14-16-41-31-18-26(34)11-12-29(31)35)32(30(21-38)36-27)33(40)37(2)15-13-23-7-4-3-5-8-23/h3-12,17-18,27,30,36H,13-16,19-21H2,1-2H3. The van der Waals surface area contributed by atoms with E-state index in [9.17, 15) is 18.4 Å². The molecule has 2 heterocycles. The number of carbonyl (C=O) groups is 2. The third-order valence-electron chi connectivity index (χ3n) is 7.82. The molecule has 0 aliphatic carbocycles. The molecule has 1 saturated heterocycles. The average molecular weight is 560 g/mol. The van der Waals surface area contributed by atoms with Gasteiger partial charge in [-0.25, -0.2) is 8.78 Å². The first kappa shape index (κ1) is 28.5. The Kier molecular flexibility index (Phi) is 8.78. The molecular formula is C33H35F2N3O3. The van der Waals surface area contributed by atoms with Crippen molar-refractivity contribution in [3.05, 3.63) is 107 Å². The molecule has 0 aromatic heterocycles. The number of fused-ring (bicyclic) bond motifs is 2. The first-order chi connectivity index (χ1) is 19.8. The van der Waals surface area contributed by atoms with Crippen molar-refractivity contribution in [1.82, 2.24) is 15.1 Å². The molecule has 2 aliphatic rings. The monoisotopic (exact) mass is 559 g/mol. The van der Waals surface area contributed by atoms with E-state index in [2.05, 4.69) is 17.4 Å². The van der Waals surface area contributed by atoms with Crippen LogP contribution in [-0.4, -0.2) is 67.0 Å². The van der Waals surface area contributed by atoms with Gasteiger partial charge in [-0.3, -0.25) is 9.59 Å². The summed E-state index contributed by atoms with van der Waals surface area (Å²) in [6, 6.07) is 21.0. The topological polar surface area (TPSA) is 61.9 Å². The minimum absolute atomic E-state index is 0.00547. The Balaban J connectivity index is 1.39. The lowest BCUT2D eigenvalue weighted by molar-refractivity contribution is -0.132. The van der Waals surface area contributed by atoms with Crippen LogP contribution < -0.4 is 10.1 Å². The zero-order valence-electron chi connectivity index (χ0n) is 23.4. The van der Waals surface area contributed by atoms with E-state index in [0.717, 1.165) is 46.9 Å². The number of rotatable bonds is 9. The Morgan fingerprint density at radius 3 is 2.54 bits per heavy atom. The molecule has 0 radical (unpaired) electrons. The maximum absolute atomic E-state index is 14.0. The molecule has 3 aromatic carbocycles. The highest BCUT2D eigenvalue weighted by Crippen LogP contribution is 2.34.